The van der Waals surface area contributed by atoms with E-state index in [1.807, 2.05) is 0 Å². The van der Waals surface area contributed by atoms with Gasteiger partial charge in [0.25, 0.3) is 0 Å². The van der Waals surface area contributed by atoms with Gasteiger partial charge in [0.2, 0.25) is 5.91 Å². The number of hydrogen-bond donors (Lipinski definition) is 2. The first-order valence-corrected chi connectivity index (χ1v) is 8.12. The van der Waals surface area contributed by atoms with Crippen molar-refractivity contribution in [3.63, 3.8) is 0 Å². The van der Waals surface area contributed by atoms with Gasteiger partial charge < -0.3 is 15.8 Å². The van der Waals surface area contributed by atoms with E-state index < -0.39 is 0 Å². The fraction of sp³-hybridized carbons (Fsp3) is 0.588. The molecule has 1 aliphatic rings. The zero-order chi connectivity index (χ0) is 15.6. The normalized spacial score (nSPS) is 16.6. The molecule has 1 fully saturated rings. The highest BCUT2D eigenvalue weighted by molar-refractivity contribution is 5.77. The standard InChI is InChI=1S/C17H27N3O2/c18-13-17(21)19-9-4-12-22-16-7-10-20(11-8-16)14-15-5-2-1-3-6-15/h1-3,5-6,16H,4,7-14,18H2,(H,19,21). The summed E-state index contributed by atoms with van der Waals surface area (Å²) in [6, 6.07) is 10.6. The van der Waals surface area contributed by atoms with Crippen LogP contribution in [0.3, 0.4) is 0 Å². The summed E-state index contributed by atoms with van der Waals surface area (Å²) in [7, 11) is 0. The van der Waals surface area contributed by atoms with E-state index in [0.717, 1.165) is 38.9 Å². The third-order valence-electron chi connectivity index (χ3n) is 3.97. The van der Waals surface area contributed by atoms with Gasteiger partial charge in [-0.2, -0.15) is 0 Å². The van der Waals surface area contributed by atoms with Crippen LogP contribution in [0.25, 0.3) is 0 Å². The number of carbonyl (C=O) groups is 1. The first-order chi connectivity index (χ1) is 10.8. The van der Waals surface area contributed by atoms with Crippen LogP contribution in [-0.4, -0.2) is 49.7 Å². The molecule has 0 bridgehead atoms. The lowest BCUT2D eigenvalue weighted by Crippen LogP contribution is -2.37. The molecular formula is C17H27N3O2. The zero-order valence-corrected chi connectivity index (χ0v) is 13.2. The van der Waals surface area contributed by atoms with Crippen molar-refractivity contribution < 1.29 is 9.53 Å². The number of amides is 1. The molecular weight excluding hydrogens is 278 g/mol. The highest BCUT2D eigenvalue weighted by atomic mass is 16.5. The highest BCUT2D eigenvalue weighted by Crippen LogP contribution is 2.16. The monoisotopic (exact) mass is 305 g/mol. The maximum atomic E-state index is 11.0. The number of hydrogen-bond acceptors (Lipinski definition) is 4. The molecule has 22 heavy (non-hydrogen) atoms. The van der Waals surface area contributed by atoms with Gasteiger partial charge in [0.15, 0.2) is 0 Å². The molecule has 1 aliphatic heterocycles. The van der Waals surface area contributed by atoms with E-state index >= 15 is 0 Å². The number of piperidine rings is 1. The Morgan fingerprint density at radius 2 is 2.00 bits per heavy atom. The molecule has 0 radical (unpaired) electrons. The minimum absolute atomic E-state index is 0.0563. The second-order valence-electron chi connectivity index (χ2n) is 5.74. The third kappa shape index (κ3) is 6.13. The number of benzene rings is 1. The number of ether oxygens (including phenoxy) is 1. The van der Waals surface area contributed by atoms with Crippen molar-refractivity contribution in [3.8, 4) is 0 Å². The van der Waals surface area contributed by atoms with E-state index in [1.54, 1.807) is 0 Å². The number of nitrogens with zero attached hydrogens (tertiary/aromatic N) is 1. The number of carbonyl (C=O) groups excluding carboxylic acids is 1. The topological polar surface area (TPSA) is 67.6 Å². The predicted molar refractivity (Wildman–Crippen MR) is 87.4 cm³/mol. The summed E-state index contributed by atoms with van der Waals surface area (Å²) in [6.45, 7) is 4.60. The maximum Gasteiger partial charge on any atom is 0.233 e. The zero-order valence-electron chi connectivity index (χ0n) is 13.2. The van der Waals surface area contributed by atoms with Crippen LogP contribution < -0.4 is 11.1 Å². The fourth-order valence-electron chi connectivity index (χ4n) is 2.70. The van der Waals surface area contributed by atoms with E-state index in [0.29, 0.717) is 19.3 Å². The second kappa shape index (κ2) is 9.56. The van der Waals surface area contributed by atoms with Gasteiger partial charge in [0.05, 0.1) is 12.6 Å². The molecule has 5 nitrogen and oxygen atoms in total. The second-order valence-corrected chi connectivity index (χ2v) is 5.74. The molecule has 0 aliphatic carbocycles. The Morgan fingerprint density at radius 1 is 1.27 bits per heavy atom. The molecule has 1 aromatic carbocycles. The van der Waals surface area contributed by atoms with Crippen LogP contribution in [0.1, 0.15) is 24.8 Å². The lowest BCUT2D eigenvalue weighted by molar-refractivity contribution is -0.119. The Kier molecular flexibility index (Phi) is 7.36. The van der Waals surface area contributed by atoms with Gasteiger partial charge in [-0.3, -0.25) is 9.69 Å². The van der Waals surface area contributed by atoms with Crippen molar-refractivity contribution in [2.75, 3.05) is 32.8 Å². The fourth-order valence-corrected chi connectivity index (χ4v) is 2.70. The minimum atomic E-state index is -0.103. The SMILES string of the molecule is NCC(=O)NCCCOC1CCN(Cc2ccccc2)CC1. The summed E-state index contributed by atoms with van der Waals surface area (Å²) in [5, 5.41) is 2.75. The van der Waals surface area contributed by atoms with Crippen molar-refractivity contribution in [1.29, 1.82) is 0 Å². The van der Waals surface area contributed by atoms with Gasteiger partial charge in [-0.25, -0.2) is 0 Å². The van der Waals surface area contributed by atoms with E-state index in [2.05, 4.69) is 40.5 Å². The molecule has 0 unspecified atom stereocenters. The van der Waals surface area contributed by atoms with E-state index in [-0.39, 0.29) is 12.5 Å². The molecule has 0 spiro atoms. The van der Waals surface area contributed by atoms with Gasteiger partial charge in [0.1, 0.15) is 0 Å². The number of nitrogens with one attached hydrogen (secondary N) is 1. The van der Waals surface area contributed by atoms with Crippen LogP contribution in [-0.2, 0) is 16.1 Å². The van der Waals surface area contributed by atoms with E-state index in [9.17, 15) is 4.79 Å². The molecule has 122 valence electrons. The molecule has 2 rings (SSSR count). The Labute approximate surface area is 132 Å². The quantitative estimate of drug-likeness (QED) is 0.707. The predicted octanol–water partition coefficient (Wildman–Crippen LogP) is 1.13. The van der Waals surface area contributed by atoms with Gasteiger partial charge in [-0.1, -0.05) is 30.3 Å². The van der Waals surface area contributed by atoms with E-state index in [1.165, 1.54) is 5.56 Å². The molecule has 3 N–H and O–H groups in total. The van der Waals surface area contributed by atoms with Gasteiger partial charge >= 0.3 is 0 Å². The molecule has 5 heteroatoms. The Balaban J connectivity index is 1.54. The third-order valence-corrected chi connectivity index (χ3v) is 3.97. The van der Waals surface area contributed by atoms with Crippen LogP contribution in [0.15, 0.2) is 30.3 Å². The molecule has 0 aromatic heterocycles. The average molecular weight is 305 g/mol. The smallest absolute Gasteiger partial charge is 0.233 e. The van der Waals surface area contributed by atoms with Crippen molar-refractivity contribution in [2.24, 2.45) is 5.73 Å². The van der Waals surface area contributed by atoms with Crippen molar-refractivity contribution >= 4 is 5.91 Å². The number of likely N-dealkylation sites (tertiary alicyclic amines) is 1. The average Bonchev–Trinajstić information content (AvgIpc) is 2.57. The van der Waals surface area contributed by atoms with Gasteiger partial charge in [-0.15, -0.1) is 0 Å². The van der Waals surface area contributed by atoms with Crippen molar-refractivity contribution in [3.05, 3.63) is 35.9 Å². The lowest BCUT2D eigenvalue weighted by Gasteiger charge is -2.32. The lowest BCUT2D eigenvalue weighted by atomic mass is 10.1. The van der Waals surface area contributed by atoms with Crippen LogP contribution >= 0.6 is 0 Å². The molecule has 0 atom stereocenters. The van der Waals surface area contributed by atoms with Gasteiger partial charge in [-0.05, 0) is 24.8 Å². The summed E-state index contributed by atoms with van der Waals surface area (Å²) in [5.74, 6) is -0.103. The molecule has 1 amide bonds. The minimum Gasteiger partial charge on any atom is -0.378 e. The summed E-state index contributed by atoms with van der Waals surface area (Å²) >= 11 is 0. The number of rotatable bonds is 8. The molecule has 1 saturated heterocycles. The summed E-state index contributed by atoms with van der Waals surface area (Å²) in [6.07, 6.45) is 3.37. The van der Waals surface area contributed by atoms with Crippen LogP contribution in [0.2, 0.25) is 0 Å². The Morgan fingerprint density at radius 3 is 2.68 bits per heavy atom. The van der Waals surface area contributed by atoms with Crippen LogP contribution in [0, 0.1) is 0 Å². The van der Waals surface area contributed by atoms with Crippen molar-refractivity contribution in [1.82, 2.24) is 10.2 Å². The van der Waals surface area contributed by atoms with Crippen LogP contribution in [0.5, 0.6) is 0 Å². The molecule has 1 aromatic rings. The van der Waals surface area contributed by atoms with E-state index in [4.69, 9.17) is 10.5 Å². The first-order valence-electron chi connectivity index (χ1n) is 8.12. The molecule has 0 saturated carbocycles. The maximum absolute atomic E-state index is 11.0. The Bertz CT molecular complexity index is 431. The first kappa shape index (κ1) is 16.9. The van der Waals surface area contributed by atoms with Crippen LogP contribution in [0.4, 0.5) is 0 Å². The summed E-state index contributed by atoms with van der Waals surface area (Å²) in [5.41, 5.74) is 6.60. The summed E-state index contributed by atoms with van der Waals surface area (Å²) < 4.78 is 5.89. The molecule has 1 heterocycles. The largest absolute Gasteiger partial charge is 0.378 e. The number of nitrogens with two attached hydrogens (primary N) is 1. The summed E-state index contributed by atoms with van der Waals surface area (Å²) in [4.78, 5) is 13.5. The van der Waals surface area contributed by atoms with Crippen molar-refractivity contribution in [2.45, 2.75) is 31.9 Å². The highest BCUT2D eigenvalue weighted by Gasteiger charge is 2.19. The Hall–Kier alpha value is -1.43. The van der Waals surface area contributed by atoms with Gasteiger partial charge in [0, 0.05) is 32.8 Å².